The Morgan fingerprint density at radius 2 is 2.19 bits per heavy atom. The summed E-state index contributed by atoms with van der Waals surface area (Å²) in [7, 11) is 2.21. The number of aromatic hydroxyl groups is 1. The summed E-state index contributed by atoms with van der Waals surface area (Å²) >= 11 is 0. The predicted molar refractivity (Wildman–Crippen MR) is 82.1 cm³/mol. The maximum absolute atomic E-state index is 12.5. The Hall–Kier alpha value is -1.55. The second-order valence-electron chi connectivity index (χ2n) is 6.43. The number of carbonyl (C=O) groups excluding carboxylic acids is 1. The van der Waals surface area contributed by atoms with Crippen LogP contribution >= 0.6 is 0 Å². The molecule has 1 amide bonds. The lowest BCUT2D eigenvalue weighted by molar-refractivity contribution is -0.134. The molecule has 4 heteroatoms. The minimum Gasteiger partial charge on any atom is -0.508 e. The first kappa shape index (κ1) is 14.4. The van der Waals surface area contributed by atoms with Crippen LogP contribution in [0.4, 0.5) is 0 Å². The molecule has 2 unspecified atom stereocenters. The van der Waals surface area contributed by atoms with Crippen LogP contribution in [0, 0.1) is 5.92 Å². The fraction of sp³-hybridized carbons (Fsp3) is 0.588. The number of carbonyl (C=O) groups is 1. The van der Waals surface area contributed by atoms with Gasteiger partial charge in [0.1, 0.15) is 5.75 Å². The Balaban J connectivity index is 1.61. The van der Waals surface area contributed by atoms with Gasteiger partial charge in [-0.1, -0.05) is 12.1 Å². The molecule has 114 valence electrons. The minimum atomic E-state index is 0.187. The third kappa shape index (κ3) is 3.21. The summed E-state index contributed by atoms with van der Waals surface area (Å²) in [5.41, 5.74) is 0.892. The van der Waals surface area contributed by atoms with E-state index in [0.29, 0.717) is 18.4 Å². The van der Waals surface area contributed by atoms with Gasteiger partial charge in [0.15, 0.2) is 0 Å². The molecule has 2 atom stereocenters. The number of hydrogen-bond donors (Lipinski definition) is 1. The van der Waals surface area contributed by atoms with Gasteiger partial charge in [-0.25, -0.2) is 0 Å². The van der Waals surface area contributed by atoms with Crippen molar-refractivity contribution >= 4 is 5.91 Å². The summed E-state index contributed by atoms with van der Waals surface area (Å²) < 4.78 is 0. The van der Waals surface area contributed by atoms with Crippen molar-refractivity contribution < 1.29 is 9.90 Å². The predicted octanol–water partition coefficient (Wildman–Crippen LogP) is 1.88. The van der Waals surface area contributed by atoms with Crippen LogP contribution in [0.25, 0.3) is 0 Å². The number of phenols is 1. The van der Waals surface area contributed by atoms with Crippen LogP contribution in [0.3, 0.4) is 0 Å². The van der Waals surface area contributed by atoms with Crippen LogP contribution in [0.5, 0.6) is 5.75 Å². The lowest BCUT2D eigenvalue weighted by Gasteiger charge is -2.46. The number of amides is 1. The number of hydrogen-bond acceptors (Lipinski definition) is 3. The number of likely N-dealkylation sites (tertiary alicyclic amines) is 2. The maximum atomic E-state index is 12.5. The molecule has 3 rings (SSSR count). The molecule has 0 spiro atoms. The van der Waals surface area contributed by atoms with Crippen molar-refractivity contribution in [1.29, 1.82) is 0 Å². The average molecular weight is 288 g/mol. The van der Waals surface area contributed by atoms with Crippen LogP contribution in [0.1, 0.15) is 24.8 Å². The molecule has 2 aliphatic heterocycles. The van der Waals surface area contributed by atoms with Gasteiger partial charge < -0.3 is 14.9 Å². The van der Waals surface area contributed by atoms with Crippen LogP contribution in [-0.2, 0) is 11.2 Å². The van der Waals surface area contributed by atoms with E-state index < -0.39 is 0 Å². The minimum absolute atomic E-state index is 0.187. The molecule has 0 aliphatic carbocycles. The Labute approximate surface area is 126 Å². The Bertz CT molecular complexity index is 517. The molecular weight excluding hydrogens is 264 g/mol. The van der Waals surface area contributed by atoms with E-state index in [4.69, 9.17) is 0 Å². The van der Waals surface area contributed by atoms with E-state index in [1.807, 2.05) is 11.0 Å². The summed E-state index contributed by atoms with van der Waals surface area (Å²) in [6, 6.07) is 7.67. The largest absolute Gasteiger partial charge is 0.508 e. The lowest BCUT2D eigenvalue weighted by atomic mass is 9.84. The van der Waals surface area contributed by atoms with Gasteiger partial charge in [0.25, 0.3) is 0 Å². The highest BCUT2D eigenvalue weighted by Gasteiger charge is 2.35. The fourth-order valence-corrected chi connectivity index (χ4v) is 3.83. The summed E-state index contributed by atoms with van der Waals surface area (Å²) in [5.74, 6) is 1.05. The van der Waals surface area contributed by atoms with E-state index in [2.05, 4.69) is 11.9 Å². The zero-order chi connectivity index (χ0) is 14.8. The third-order valence-corrected chi connectivity index (χ3v) is 4.96. The summed E-state index contributed by atoms with van der Waals surface area (Å²) in [6.45, 7) is 2.95. The summed E-state index contributed by atoms with van der Waals surface area (Å²) in [5, 5.41) is 9.49. The lowest BCUT2D eigenvalue weighted by Crippen LogP contribution is -2.54. The zero-order valence-electron chi connectivity index (χ0n) is 12.7. The van der Waals surface area contributed by atoms with E-state index in [0.717, 1.165) is 25.1 Å². The van der Waals surface area contributed by atoms with Gasteiger partial charge >= 0.3 is 0 Å². The maximum Gasteiger partial charge on any atom is 0.227 e. The highest BCUT2D eigenvalue weighted by atomic mass is 16.3. The molecule has 0 radical (unpaired) electrons. The van der Waals surface area contributed by atoms with E-state index in [9.17, 15) is 9.90 Å². The van der Waals surface area contributed by atoms with Gasteiger partial charge in [-0.3, -0.25) is 4.79 Å². The Kier molecular flexibility index (Phi) is 4.15. The molecular formula is C17H24N2O2. The van der Waals surface area contributed by atoms with Gasteiger partial charge in [-0.05, 0) is 56.5 Å². The third-order valence-electron chi connectivity index (χ3n) is 4.96. The highest BCUT2D eigenvalue weighted by molar-refractivity contribution is 5.79. The van der Waals surface area contributed by atoms with Gasteiger partial charge in [0.2, 0.25) is 5.91 Å². The zero-order valence-corrected chi connectivity index (χ0v) is 12.7. The van der Waals surface area contributed by atoms with Gasteiger partial charge in [-0.15, -0.1) is 0 Å². The van der Waals surface area contributed by atoms with Crippen LogP contribution in [-0.4, -0.2) is 53.5 Å². The van der Waals surface area contributed by atoms with Crippen molar-refractivity contribution in [2.75, 3.05) is 26.7 Å². The highest BCUT2D eigenvalue weighted by Crippen LogP contribution is 2.29. The van der Waals surface area contributed by atoms with E-state index in [-0.39, 0.29) is 11.7 Å². The molecule has 1 aromatic rings. The van der Waals surface area contributed by atoms with Crippen LogP contribution < -0.4 is 0 Å². The standard InChI is InChI=1S/C17H24N2O2/c1-18-8-3-5-14-12-19(9-7-16(14)18)17(21)11-13-4-2-6-15(20)10-13/h2,4,6,10,14,16,20H,3,5,7-9,11-12H2,1H3. The smallest absolute Gasteiger partial charge is 0.227 e. The number of nitrogens with zero attached hydrogens (tertiary/aromatic N) is 2. The van der Waals surface area contributed by atoms with Crippen molar-refractivity contribution in [2.24, 2.45) is 5.92 Å². The topological polar surface area (TPSA) is 43.8 Å². The molecule has 0 saturated carbocycles. The number of fused-ring (bicyclic) bond motifs is 1. The van der Waals surface area contributed by atoms with Crippen LogP contribution in [0.2, 0.25) is 0 Å². The molecule has 1 aromatic carbocycles. The fourth-order valence-electron chi connectivity index (χ4n) is 3.83. The molecule has 2 aliphatic rings. The van der Waals surface area contributed by atoms with Crippen molar-refractivity contribution in [3.05, 3.63) is 29.8 Å². The monoisotopic (exact) mass is 288 g/mol. The normalized spacial score (nSPS) is 26.4. The van der Waals surface area contributed by atoms with Gasteiger partial charge in [0, 0.05) is 19.1 Å². The van der Waals surface area contributed by atoms with Gasteiger partial charge in [0.05, 0.1) is 6.42 Å². The number of benzene rings is 1. The second-order valence-corrected chi connectivity index (χ2v) is 6.43. The molecule has 0 aromatic heterocycles. The molecule has 1 N–H and O–H groups in total. The molecule has 4 nitrogen and oxygen atoms in total. The first-order valence-electron chi connectivity index (χ1n) is 7.89. The van der Waals surface area contributed by atoms with Crippen LogP contribution in [0.15, 0.2) is 24.3 Å². The summed E-state index contributed by atoms with van der Waals surface area (Å²) in [4.78, 5) is 16.9. The van der Waals surface area contributed by atoms with Gasteiger partial charge in [-0.2, -0.15) is 0 Å². The Morgan fingerprint density at radius 3 is 3.00 bits per heavy atom. The van der Waals surface area contributed by atoms with E-state index >= 15 is 0 Å². The SMILES string of the molecule is CN1CCCC2CN(C(=O)Cc3cccc(O)c3)CCC21. The molecule has 2 saturated heterocycles. The van der Waals surface area contributed by atoms with Crippen molar-refractivity contribution in [1.82, 2.24) is 9.80 Å². The Morgan fingerprint density at radius 1 is 1.33 bits per heavy atom. The molecule has 0 bridgehead atoms. The second kappa shape index (κ2) is 6.06. The van der Waals surface area contributed by atoms with Crippen molar-refractivity contribution in [3.8, 4) is 5.75 Å². The van der Waals surface area contributed by atoms with E-state index in [1.165, 1.54) is 19.4 Å². The number of piperidine rings is 2. The number of rotatable bonds is 2. The quantitative estimate of drug-likeness (QED) is 0.903. The first-order valence-corrected chi connectivity index (χ1v) is 7.89. The summed E-state index contributed by atoms with van der Waals surface area (Å²) in [6.07, 6.45) is 3.96. The van der Waals surface area contributed by atoms with Crippen molar-refractivity contribution in [2.45, 2.75) is 31.7 Å². The van der Waals surface area contributed by atoms with Crippen molar-refractivity contribution in [3.63, 3.8) is 0 Å². The average Bonchev–Trinajstić information content (AvgIpc) is 2.47. The molecule has 2 heterocycles. The van der Waals surface area contributed by atoms with E-state index in [1.54, 1.807) is 18.2 Å². The molecule has 21 heavy (non-hydrogen) atoms. The first-order chi connectivity index (χ1) is 10.1. The molecule has 2 fully saturated rings. The number of phenolic OH excluding ortho intramolecular Hbond substituents is 1.